The highest BCUT2D eigenvalue weighted by Gasteiger charge is 2.26. The summed E-state index contributed by atoms with van der Waals surface area (Å²) in [4.78, 5) is 16.4. The van der Waals surface area contributed by atoms with Crippen LogP contribution in [0, 0.1) is 10.1 Å². The Bertz CT molecular complexity index is 565. The first-order valence-electron chi connectivity index (χ1n) is 6.84. The average molecular weight is 315 g/mol. The zero-order valence-electron chi connectivity index (χ0n) is 12.5. The van der Waals surface area contributed by atoms with Crippen molar-refractivity contribution in [3.05, 3.63) is 27.9 Å². The van der Waals surface area contributed by atoms with Gasteiger partial charge in [-0.1, -0.05) is 26.2 Å². The summed E-state index contributed by atoms with van der Waals surface area (Å²) in [7, 11) is 0.688. The molecule has 0 aliphatic carbocycles. The summed E-state index contributed by atoms with van der Waals surface area (Å²) in [5, 5.41) is 10.2. The van der Waals surface area contributed by atoms with Gasteiger partial charge in [-0.3, -0.25) is 10.1 Å². The molecule has 21 heavy (non-hydrogen) atoms. The van der Waals surface area contributed by atoms with Crippen LogP contribution in [-0.2, 0) is 10.7 Å². The molecule has 0 N–H and O–H groups in total. The van der Waals surface area contributed by atoms with Gasteiger partial charge in [0.15, 0.2) is 0 Å². The molecular formula is C13H21N3O4S. The van der Waals surface area contributed by atoms with Crippen molar-refractivity contribution in [1.29, 1.82) is 0 Å². The molecule has 8 heteroatoms. The van der Waals surface area contributed by atoms with Gasteiger partial charge in [-0.25, -0.2) is 13.4 Å². The van der Waals surface area contributed by atoms with E-state index in [2.05, 4.69) is 4.98 Å². The van der Waals surface area contributed by atoms with Crippen LogP contribution in [0.15, 0.2) is 12.1 Å². The number of anilines is 1. The molecule has 1 atom stereocenters. The molecule has 0 aromatic carbocycles. The minimum Gasteiger partial charge on any atom is -0.363 e. The molecule has 1 heterocycles. The number of nitrogens with zero attached hydrogens (tertiary/aromatic N) is 3. The SMILES string of the molecule is CCCCCC(c1nc(N(C)C)ccc1[N+](=O)[O-])[SH](=O)=O. The molecule has 1 rings (SSSR count). The van der Waals surface area contributed by atoms with E-state index in [1.165, 1.54) is 12.1 Å². The maximum Gasteiger partial charge on any atom is 0.292 e. The summed E-state index contributed by atoms with van der Waals surface area (Å²) < 4.78 is 23.0. The lowest BCUT2D eigenvalue weighted by atomic mass is 10.1. The van der Waals surface area contributed by atoms with Gasteiger partial charge in [0.2, 0.25) is 0 Å². The summed E-state index contributed by atoms with van der Waals surface area (Å²) in [6.07, 6.45) is 2.91. The lowest BCUT2D eigenvalue weighted by Crippen LogP contribution is -2.14. The monoisotopic (exact) mass is 315 g/mol. The lowest BCUT2D eigenvalue weighted by Gasteiger charge is -2.15. The van der Waals surface area contributed by atoms with Crippen molar-refractivity contribution in [2.24, 2.45) is 0 Å². The van der Waals surface area contributed by atoms with Crippen LogP contribution in [-0.4, -0.2) is 32.4 Å². The maximum absolute atomic E-state index is 11.5. The highest BCUT2D eigenvalue weighted by molar-refractivity contribution is 7.72. The quantitative estimate of drug-likeness (QED) is 0.342. The predicted molar refractivity (Wildman–Crippen MR) is 82.4 cm³/mol. The predicted octanol–water partition coefficient (Wildman–Crippen LogP) is 2.29. The van der Waals surface area contributed by atoms with Gasteiger partial charge >= 0.3 is 0 Å². The summed E-state index contributed by atoms with van der Waals surface area (Å²) in [6, 6.07) is 2.84. The van der Waals surface area contributed by atoms with Crippen molar-refractivity contribution in [3.8, 4) is 0 Å². The second-order valence-electron chi connectivity index (χ2n) is 5.02. The number of rotatable bonds is 8. The molecule has 7 nitrogen and oxygen atoms in total. The van der Waals surface area contributed by atoms with Gasteiger partial charge in [0.05, 0.1) is 4.92 Å². The Labute approximate surface area is 126 Å². The van der Waals surface area contributed by atoms with E-state index in [9.17, 15) is 18.5 Å². The van der Waals surface area contributed by atoms with E-state index >= 15 is 0 Å². The van der Waals surface area contributed by atoms with Gasteiger partial charge in [0.25, 0.3) is 5.69 Å². The molecule has 0 spiro atoms. The van der Waals surface area contributed by atoms with Crippen molar-refractivity contribution in [2.45, 2.75) is 37.9 Å². The molecule has 0 bridgehead atoms. The van der Waals surface area contributed by atoms with E-state index < -0.39 is 20.9 Å². The summed E-state index contributed by atoms with van der Waals surface area (Å²) in [5.41, 5.74) is -0.195. The lowest BCUT2D eigenvalue weighted by molar-refractivity contribution is -0.386. The molecule has 0 saturated heterocycles. The molecule has 0 radical (unpaired) electrons. The standard InChI is InChI=1S/C13H21N3O4S/c1-4-5-6-7-11(21(19)20)13-10(16(17)18)8-9-12(14-13)15(2)3/h8-9,11,21H,4-7H2,1-3H3. The Hall–Kier alpha value is -1.70. The molecule has 0 aliphatic rings. The smallest absolute Gasteiger partial charge is 0.292 e. The van der Waals surface area contributed by atoms with Crippen molar-refractivity contribution >= 4 is 22.2 Å². The van der Waals surface area contributed by atoms with E-state index in [4.69, 9.17) is 0 Å². The van der Waals surface area contributed by atoms with Crippen LogP contribution in [0.3, 0.4) is 0 Å². The molecular weight excluding hydrogens is 294 g/mol. The van der Waals surface area contributed by atoms with Gasteiger partial charge in [-0.15, -0.1) is 0 Å². The van der Waals surface area contributed by atoms with Crippen LogP contribution >= 0.6 is 0 Å². The fourth-order valence-corrected chi connectivity index (χ4v) is 2.82. The second-order valence-corrected chi connectivity index (χ2v) is 6.22. The Balaban J connectivity index is 3.25. The molecule has 1 aromatic heterocycles. The number of hydrogen-bond donors (Lipinski definition) is 1. The minimum absolute atomic E-state index is 0.0402. The van der Waals surface area contributed by atoms with E-state index in [1.54, 1.807) is 19.0 Å². The number of thiol groups is 1. The van der Waals surface area contributed by atoms with Crippen molar-refractivity contribution < 1.29 is 13.3 Å². The van der Waals surface area contributed by atoms with Crippen LogP contribution < -0.4 is 4.90 Å². The van der Waals surface area contributed by atoms with Gasteiger partial charge in [0.1, 0.15) is 27.5 Å². The highest BCUT2D eigenvalue weighted by Crippen LogP contribution is 2.31. The Morgan fingerprint density at radius 2 is 2.00 bits per heavy atom. The normalized spacial score (nSPS) is 12.4. The Morgan fingerprint density at radius 3 is 2.48 bits per heavy atom. The third-order valence-corrected chi connectivity index (χ3v) is 4.21. The van der Waals surface area contributed by atoms with Crippen LogP contribution in [0.4, 0.5) is 11.5 Å². The Kier molecular flexibility index (Phi) is 6.54. The summed E-state index contributed by atoms with van der Waals surface area (Å²) >= 11 is 0. The zero-order valence-corrected chi connectivity index (χ0v) is 13.4. The van der Waals surface area contributed by atoms with Gasteiger partial charge < -0.3 is 4.90 Å². The minimum atomic E-state index is -2.81. The molecule has 0 aliphatic heterocycles. The van der Waals surface area contributed by atoms with Crippen LogP contribution in [0.25, 0.3) is 0 Å². The maximum atomic E-state index is 11.5. The number of aromatic nitrogens is 1. The molecule has 1 unspecified atom stereocenters. The largest absolute Gasteiger partial charge is 0.363 e. The summed E-state index contributed by atoms with van der Waals surface area (Å²) in [5.74, 6) is 0.507. The van der Waals surface area contributed by atoms with Crippen LogP contribution in [0.1, 0.15) is 43.6 Å². The molecule has 0 saturated carbocycles. The first-order valence-corrected chi connectivity index (χ1v) is 8.09. The first kappa shape index (κ1) is 17.4. The molecule has 118 valence electrons. The third-order valence-electron chi connectivity index (χ3n) is 3.19. The highest BCUT2D eigenvalue weighted by atomic mass is 32.2. The summed E-state index contributed by atoms with van der Waals surface area (Å²) in [6.45, 7) is 2.01. The van der Waals surface area contributed by atoms with E-state index in [0.717, 1.165) is 12.8 Å². The van der Waals surface area contributed by atoms with E-state index in [-0.39, 0.29) is 11.4 Å². The van der Waals surface area contributed by atoms with Gasteiger partial charge in [-0.2, -0.15) is 0 Å². The van der Waals surface area contributed by atoms with E-state index in [0.29, 0.717) is 18.7 Å². The Morgan fingerprint density at radius 1 is 1.33 bits per heavy atom. The van der Waals surface area contributed by atoms with E-state index in [1.807, 2.05) is 6.92 Å². The van der Waals surface area contributed by atoms with Crippen molar-refractivity contribution in [3.63, 3.8) is 0 Å². The number of nitro groups is 1. The van der Waals surface area contributed by atoms with Crippen LogP contribution in [0.5, 0.6) is 0 Å². The van der Waals surface area contributed by atoms with Crippen LogP contribution in [0.2, 0.25) is 0 Å². The topological polar surface area (TPSA) is 93.4 Å². The molecule has 0 fully saturated rings. The van der Waals surface area contributed by atoms with Crippen molar-refractivity contribution in [1.82, 2.24) is 4.98 Å². The number of pyridine rings is 1. The fraction of sp³-hybridized carbons (Fsp3) is 0.615. The average Bonchev–Trinajstić information content (AvgIpc) is 2.42. The molecule has 1 aromatic rings. The fourth-order valence-electron chi connectivity index (χ4n) is 2.04. The number of hydrogen-bond acceptors (Lipinski definition) is 6. The first-order chi connectivity index (χ1) is 9.88. The van der Waals surface area contributed by atoms with Gasteiger partial charge in [-0.05, 0) is 12.5 Å². The number of unbranched alkanes of at least 4 members (excludes halogenated alkanes) is 2. The zero-order chi connectivity index (χ0) is 16.0. The van der Waals surface area contributed by atoms with Gasteiger partial charge in [0, 0.05) is 20.2 Å². The second kappa shape index (κ2) is 7.92. The third kappa shape index (κ3) is 4.66. The van der Waals surface area contributed by atoms with Crippen molar-refractivity contribution in [2.75, 3.05) is 19.0 Å². The molecule has 0 amide bonds.